The van der Waals surface area contributed by atoms with Crippen LogP contribution in [0.3, 0.4) is 0 Å². The quantitative estimate of drug-likeness (QED) is 0.166. The molecule has 40 heavy (non-hydrogen) atoms. The standard InChI is InChI=1S/C33H32N2O4S/c1-17-13-18(2)27-25(14-17)40-32(34-27)35-28(20-7-10-23(11-8-20)33(4,5)6)26(30(37)31(35)38)29(36)21-9-12-24-22(16-21)15-19(3)39-24/h7-14,16,19,28,36H,15H2,1-6H3/t19-,28-/m1/s1. The summed E-state index contributed by atoms with van der Waals surface area (Å²) >= 11 is 1.38. The average molecular weight is 553 g/mol. The summed E-state index contributed by atoms with van der Waals surface area (Å²) in [6.45, 7) is 12.4. The Balaban J connectivity index is 1.54. The highest BCUT2D eigenvalue weighted by Crippen LogP contribution is 2.45. The number of fused-ring (bicyclic) bond motifs is 2. The third-order valence-corrected chi connectivity index (χ3v) is 8.73. The lowest BCUT2D eigenvalue weighted by atomic mass is 9.85. The Labute approximate surface area is 237 Å². The monoisotopic (exact) mass is 552 g/mol. The number of aliphatic hydroxyl groups excluding tert-OH is 1. The molecule has 0 spiro atoms. The summed E-state index contributed by atoms with van der Waals surface area (Å²) in [5, 5.41) is 12.1. The molecule has 0 unspecified atom stereocenters. The van der Waals surface area contributed by atoms with Gasteiger partial charge >= 0.3 is 5.91 Å². The van der Waals surface area contributed by atoms with Crippen LogP contribution in [0.4, 0.5) is 5.13 Å². The van der Waals surface area contributed by atoms with Gasteiger partial charge in [0.15, 0.2) is 5.13 Å². The van der Waals surface area contributed by atoms with Crippen LogP contribution in [0.15, 0.2) is 60.2 Å². The lowest BCUT2D eigenvalue weighted by molar-refractivity contribution is -0.132. The third kappa shape index (κ3) is 4.29. The van der Waals surface area contributed by atoms with Gasteiger partial charge in [-0.2, -0.15) is 0 Å². The number of thiazole rings is 1. The second kappa shape index (κ2) is 9.30. The number of rotatable bonds is 3. The molecule has 0 bridgehead atoms. The smallest absolute Gasteiger partial charge is 0.301 e. The molecule has 7 heteroatoms. The maximum absolute atomic E-state index is 13.7. The predicted molar refractivity (Wildman–Crippen MR) is 159 cm³/mol. The van der Waals surface area contributed by atoms with E-state index in [-0.39, 0.29) is 22.9 Å². The van der Waals surface area contributed by atoms with E-state index in [2.05, 4.69) is 26.8 Å². The van der Waals surface area contributed by atoms with Crippen LogP contribution in [0.2, 0.25) is 0 Å². The Morgan fingerprint density at radius 3 is 2.48 bits per heavy atom. The first-order valence-corrected chi connectivity index (χ1v) is 14.3. The highest BCUT2D eigenvalue weighted by atomic mass is 32.1. The van der Waals surface area contributed by atoms with Crippen LogP contribution in [-0.2, 0) is 21.4 Å². The van der Waals surface area contributed by atoms with Gasteiger partial charge in [-0.25, -0.2) is 4.98 Å². The first-order chi connectivity index (χ1) is 18.9. The number of anilines is 1. The van der Waals surface area contributed by atoms with Gasteiger partial charge in [0.2, 0.25) is 0 Å². The number of hydrogen-bond acceptors (Lipinski definition) is 6. The van der Waals surface area contributed by atoms with E-state index in [0.717, 1.165) is 43.8 Å². The molecule has 6 nitrogen and oxygen atoms in total. The fourth-order valence-electron chi connectivity index (χ4n) is 5.70. The molecule has 1 fully saturated rings. The number of aromatic nitrogens is 1. The van der Waals surface area contributed by atoms with Crippen LogP contribution < -0.4 is 9.64 Å². The molecule has 1 N–H and O–H groups in total. The van der Waals surface area contributed by atoms with Crippen molar-refractivity contribution in [2.75, 3.05) is 4.90 Å². The van der Waals surface area contributed by atoms with Gasteiger partial charge in [-0.1, -0.05) is 62.4 Å². The molecule has 1 saturated heterocycles. The summed E-state index contributed by atoms with van der Waals surface area (Å²) in [5.74, 6) is -0.835. The SMILES string of the molecule is Cc1cc(C)c2nc(N3C(=O)C(=O)C(=C(O)c4ccc5c(c4)C[C@@H](C)O5)[C@H]3c3ccc(C(C)(C)C)cc3)sc2c1. The second-order valence-corrected chi connectivity index (χ2v) is 12.9. The fraction of sp³-hybridized carbons (Fsp3) is 0.303. The van der Waals surface area contributed by atoms with Crippen LogP contribution in [0.5, 0.6) is 5.75 Å². The van der Waals surface area contributed by atoms with Crippen LogP contribution >= 0.6 is 11.3 Å². The molecular formula is C33H32N2O4S. The summed E-state index contributed by atoms with van der Waals surface area (Å²) < 4.78 is 6.77. The highest BCUT2D eigenvalue weighted by molar-refractivity contribution is 7.22. The topological polar surface area (TPSA) is 79.7 Å². The molecule has 4 aromatic rings. The first-order valence-electron chi connectivity index (χ1n) is 13.5. The van der Waals surface area contributed by atoms with Crippen molar-refractivity contribution in [1.82, 2.24) is 4.98 Å². The number of hydrogen-bond donors (Lipinski definition) is 1. The minimum Gasteiger partial charge on any atom is -0.507 e. The van der Waals surface area contributed by atoms with E-state index in [4.69, 9.17) is 9.72 Å². The van der Waals surface area contributed by atoms with E-state index in [9.17, 15) is 14.7 Å². The fourth-order valence-corrected chi connectivity index (χ4v) is 6.87. The van der Waals surface area contributed by atoms with E-state index in [1.165, 1.54) is 16.2 Å². The van der Waals surface area contributed by atoms with Crippen LogP contribution in [0.25, 0.3) is 16.0 Å². The zero-order chi connectivity index (χ0) is 28.5. The van der Waals surface area contributed by atoms with Crippen molar-refractivity contribution < 1.29 is 19.4 Å². The molecule has 2 aliphatic rings. The van der Waals surface area contributed by atoms with Crippen molar-refractivity contribution in [3.05, 3.63) is 93.6 Å². The predicted octanol–water partition coefficient (Wildman–Crippen LogP) is 7.16. The van der Waals surface area contributed by atoms with Crippen molar-refractivity contribution in [2.45, 2.75) is 65.5 Å². The average Bonchev–Trinajstić information content (AvgIpc) is 3.56. The summed E-state index contributed by atoms with van der Waals surface area (Å²) in [6, 6.07) is 16.6. The molecule has 1 aromatic heterocycles. The highest BCUT2D eigenvalue weighted by Gasteiger charge is 2.48. The normalized spacial score (nSPS) is 20.3. The van der Waals surface area contributed by atoms with E-state index in [1.807, 2.05) is 63.2 Å². The number of nitrogens with zero attached hydrogens (tertiary/aromatic N) is 2. The second-order valence-electron chi connectivity index (χ2n) is 11.9. The molecule has 0 radical (unpaired) electrons. The number of carbonyl (C=O) groups excluding carboxylic acids is 2. The van der Waals surface area contributed by atoms with Crippen molar-refractivity contribution in [2.24, 2.45) is 0 Å². The lowest BCUT2D eigenvalue weighted by Crippen LogP contribution is -2.29. The van der Waals surface area contributed by atoms with E-state index in [0.29, 0.717) is 17.1 Å². The largest absolute Gasteiger partial charge is 0.507 e. The Hall–Kier alpha value is -3.97. The maximum Gasteiger partial charge on any atom is 0.301 e. The summed E-state index contributed by atoms with van der Waals surface area (Å²) in [6.07, 6.45) is 0.762. The Morgan fingerprint density at radius 1 is 1.05 bits per heavy atom. The zero-order valence-corrected chi connectivity index (χ0v) is 24.3. The van der Waals surface area contributed by atoms with E-state index < -0.39 is 17.7 Å². The van der Waals surface area contributed by atoms with E-state index >= 15 is 0 Å². The van der Waals surface area contributed by atoms with Gasteiger partial charge in [0.25, 0.3) is 5.78 Å². The van der Waals surface area contributed by atoms with Crippen molar-refractivity contribution in [1.29, 1.82) is 0 Å². The zero-order valence-electron chi connectivity index (χ0n) is 23.5. The van der Waals surface area contributed by atoms with Crippen molar-refractivity contribution in [3.63, 3.8) is 0 Å². The summed E-state index contributed by atoms with van der Waals surface area (Å²) in [7, 11) is 0. The number of aliphatic hydroxyl groups is 1. The van der Waals surface area contributed by atoms with Crippen molar-refractivity contribution in [3.8, 4) is 5.75 Å². The van der Waals surface area contributed by atoms with Gasteiger partial charge in [0, 0.05) is 12.0 Å². The number of Topliss-reactive ketones (excluding diaryl/α,β-unsaturated/α-hetero) is 1. The Morgan fingerprint density at radius 2 is 1.77 bits per heavy atom. The van der Waals surface area contributed by atoms with Crippen molar-refractivity contribution >= 4 is 44.1 Å². The Kier molecular flexibility index (Phi) is 6.11. The van der Waals surface area contributed by atoms with Crippen LogP contribution in [0, 0.1) is 13.8 Å². The molecule has 2 aliphatic heterocycles. The summed E-state index contributed by atoms with van der Waals surface area (Å²) in [4.78, 5) is 33.7. The minimum atomic E-state index is -0.820. The third-order valence-electron chi connectivity index (χ3n) is 7.73. The number of ether oxygens (including phenoxy) is 1. The number of carbonyl (C=O) groups is 2. The van der Waals surface area contributed by atoms with E-state index in [1.54, 1.807) is 6.07 Å². The van der Waals surface area contributed by atoms with Crippen LogP contribution in [-0.4, -0.2) is 27.9 Å². The maximum atomic E-state index is 13.7. The summed E-state index contributed by atoms with van der Waals surface area (Å²) in [5.41, 5.74) is 6.24. The molecule has 1 amide bonds. The van der Waals surface area contributed by atoms with Gasteiger partial charge in [0.1, 0.15) is 17.6 Å². The molecule has 204 valence electrons. The van der Waals surface area contributed by atoms with Gasteiger partial charge in [-0.05, 0) is 78.3 Å². The molecular weight excluding hydrogens is 520 g/mol. The molecule has 0 aliphatic carbocycles. The molecule has 3 heterocycles. The first kappa shape index (κ1) is 26.3. The number of ketones is 1. The molecule has 6 rings (SSSR count). The lowest BCUT2D eigenvalue weighted by Gasteiger charge is -2.24. The van der Waals surface area contributed by atoms with Gasteiger partial charge in [-0.15, -0.1) is 0 Å². The molecule has 0 saturated carbocycles. The number of benzene rings is 3. The number of amides is 1. The van der Waals surface area contributed by atoms with Gasteiger partial charge in [0.05, 0.1) is 21.8 Å². The Bertz CT molecular complexity index is 1730. The van der Waals surface area contributed by atoms with Gasteiger partial charge in [-0.3, -0.25) is 14.5 Å². The minimum absolute atomic E-state index is 0.0467. The number of aryl methyl sites for hydroxylation is 2. The van der Waals surface area contributed by atoms with Crippen LogP contribution in [0.1, 0.15) is 67.1 Å². The molecule has 3 aromatic carbocycles. The molecule has 2 atom stereocenters. The van der Waals surface area contributed by atoms with Gasteiger partial charge < -0.3 is 9.84 Å².